The van der Waals surface area contributed by atoms with Gasteiger partial charge in [-0.15, -0.1) is 0 Å². The van der Waals surface area contributed by atoms with Crippen molar-refractivity contribution in [2.24, 2.45) is 5.92 Å². The number of nitrogens with one attached hydrogen (secondary N) is 1. The zero-order valence-corrected chi connectivity index (χ0v) is 10.2. The van der Waals surface area contributed by atoms with Crippen LogP contribution >= 0.6 is 11.8 Å². The van der Waals surface area contributed by atoms with E-state index in [0.717, 1.165) is 38.2 Å². The van der Waals surface area contributed by atoms with Gasteiger partial charge in [0.05, 0.1) is 5.92 Å². The third kappa shape index (κ3) is 2.67. The van der Waals surface area contributed by atoms with Crippen molar-refractivity contribution in [1.82, 2.24) is 10.2 Å². The zero-order valence-electron chi connectivity index (χ0n) is 9.37. The number of hydrogen-bond acceptors (Lipinski definition) is 3. The first-order valence-electron chi connectivity index (χ1n) is 5.89. The molecule has 1 N–H and O–H groups in total. The maximum Gasteiger partial charge on any atom is 0.227 e. The first-order chi connectivity index (χ1) is 7.29. The van der Waals surface area contributed by atoms with Gasteiger partial charge in [-0.1, -0.05) is 0 Å². The minimum atomic E-state index is 0.230. The molecule has 0 aliphatic carbocycles. The molecule has 2 atom stereocenters. The Balaban J connectivity index is 1.93. The molecule has 2 saturated heterocycles. The lowest BCUT2D eigenvalue weighted by molar-refractivity contribution is -0.135. The number of hydrogen-bond donors (Lipinski definition) is 1. The lowest BCUT2D eigenvalue weighted by Crippen LogP contribution is -2.41. The molecule has 2 aliphatic heterocycles. The highest BCUT2D eigenvalue weighted by molar-refractivity contribution is 7.99. The van der Waals surface area contributed by atoms with Gasteiger partial charge in [0.1, 0.15) is 0 Å². The second-order valence-corrected chi connectivity index (χ2v) is 5.65. The number of rotatable bonds is 1. The number of nitrogens with zero attached hydrogens (tertiary/aromatic N) is 1. The van der Waals surface area contributed by atoms with Gasteiger partial charge in [0.2, 0.25) is 5.91 Å². The molecule has 4 heteroatoms. The minimum Gasteiger partial charge on any atom is -0.342 e. The van der Waals surface area contributed by atoms with Crippen LogP contribution in [0.25, 0.3) is 0 Å². The Hall–Kier alpha value is -0.220. The van der Waals surface area contributed by atoms with Crippen LogP contribution in [0, 0.1) is 5.92 Å². The van der Waals surface area contributed by atoms with Crippen molar-refractivity contribution in [2.45, 2.75) is 25.8 Å². The zero-order chi connectivity index (χ0) is 10.7. The standard InChI is InChI=1S/C11H20N2OS/c1-9-10(3-4-12-9)11(14)13-5-2-7-15-8-6-13/h9-10,12H,2-8H2,1H3. The number of thioether (sulfide) groups is 1. The largest absolute Gasteiger partial charge is 0.342 e. The van der Waals surface area contributed by atoms with Crippen molar-refractivity contribution in [3.05, 3.63) is 0 Å². The van der Waals surface area contributed by atoms with Gasteiger partial charge >= 0.3 is 0 Å². The first-order valence-corrected chi connectivity index (χ1v) is 7.04. The number of carbonyl (C=O) groups is 1. The average molecular weight is 228 g/mol. The monoisotopic (exact) mass is 228 g/mol. The predicted molar refractivity (Wildman–Crippen MR) is 64.1 cm³/mol. The summed E-state index contributed by atoms with van der Waals surface area (Å²) in [6, 6.07) is 0.369. The van der Waals surface area contributed by atoms with Crippen molar-refractivity contribution in [2.75, 3.05) is 31.1 Å². The van der Waals surface area contributed by atoms with E-state index in [1.54, 1.807) is 0 Å². The third-order valence-electron chi connectivity index (χ3n) is 3.38. The molecule has 0 bridgehead atoms. The van der Waals surface area contributed by atoms with Gasteiger partial charge in [-0.05, 0) is 32.1 Å². The molecule has 1 amide bonds. The van der Waals surface area contributed by atoms with Gasteiger partial charge in [0, 0.05) is 24.9 Å². The Labute approximate surface area is 96.0 Å². The van der Waals surface area contributed by atoms with E-state index < -0.39 is 0 Å². The first kappa shape index (κ1) is 11.3. The topological polar surface area (TPSA) is 32.3 Å². The van der Waals surface area contributed by atoms with E-state index in [-0.39, 0.29) is 5.92 Å². The summed E-state index contributed by atoms with van der Waals surface area (Å²) in [4.78, 5) is 14.3. The van der Waals surface area contributed by atoms with Crippen LogP contribution in [0.15, 0.2) is 0 Å². The molecule has 2 fully saturated rings. The van der Waals surface area contributed by atoms with E-state index in [1.807, 2.05) is 11.8 Å². The van der Waals surface area contributed by atoms with Crippen LogP contribution in [0.1, 0.15) is 19.8 Å². The van der Waals surface area contributed by atoms with Crippen molar-refractivity contribution < 1.29 is 4.79 Å². The lowest BCUT2D eigenvalue weighted by atomic mass is 10.0. The summed E-state index contributed by atoms with van der Waals surface area (Å²) in [7, 11) is 0. The van der Waals surface area contributed by atoms with E-state index in [1.165, 1.54) is 5.75 Å². The maximum atomic E-state index is 12.2. The van der Waals surface area contributed by atoms with E-state index >= 15 is 0 Å². The summed E-state index contributed by atoms with van der Waals surface area (Å²) >= 11 is 1.97. The third-order valence-corrected chi connectivity index (χ3v) is 4.42. The molecule has 0 aromatic carbocycles. The van der Waals surface area contributed by atoms with Gasteiger partial charge in [-0.3, -0.25) is 4.79 Å². The smallest absolute Gasteiger partial charge is 0.227 e. The molecule has 0 radical (unpaired) electrons. The Morgan fingerprint density at radius 3 is 3.00 bits per heavy atom. The molecule has 2 rings (SSSR count). The molecule has 3 nitrogen and oxygen atoms in total. The quantitative estimate of drug-likeness (QED) is 0.725. The molecule has 2 heterocycles. The van der Waals surface area contributed by atoms with Gasteiger partial charge in [0.15, 0.2) is 0 Å². The molecule has 15 heavy (non-hydrogen) atoms. The molecule has 0 aromatic heterocycles. The second kappa shape index (κ2) is 5.21. The summed E-state index contributed by atoms with van der Waals surface area (Å²) in [5.74, 6) is 2.94. The van der Waals surface area contributed by atoms with Gasteiger partial charge in [-0.25, -0.2) is 0 Å². The predicted octanol–water partition coefficient (Wildman–Crippen LogP) is 0.950. The van der Waals surface area contributed by atoms with Gasteiger partial charge in [-0.2, -0.15) is 11.8 Å². The molecule has 86 valence electrons. The van der Waals surface area contributed by atoms with Crippen molar-refractivity contribution in [3.63, 3.8) is 0 Å². The maximum absolute atomic E-state index is 12.2. The number of carbonyl (C=O) groups excluding carboxylic acids is 1. The highest BCUT2D eigenvalue weighted by Crippen LogP contribution is 2.20. The Bertz CT molecular complexity index is 227. The summed E-state index contributed by atoms with van der Waals surface area (Å²) in [6.45, 7) is 5.05. The molecule has 0 spiro atoms. The van der Waals surface area contributed by atoms with Crippen LogP contribution in [0.5, 0.6) is 0 Å². The SMILES string of the molecule is CC1NCCC1C(=O)N1CCCSCC1. The molecule has 2 unspecified atom stereocenters. The van der Waals surface area contributed by atoms with Crippen LogP contribution in [-0.2, 0) is 4.79 Å². The van der Waals surface area contributed by atoms with Crippen molar-refractivity contribution in [1.29, 1.82) is 0 Å². The molecule has 0 aromatic rings. The second-order valence-electron chi connectivity index (χ2n) is 4.43. The molecule has 0 saturated carbocycles. The summed E-state index contributed by atoms with van der Waals surface area (Å²) in [5, 5.41) is 3.35. The fourth-order valence-corrected chi connectivity index (χ4v) is 3.28. The fourth-order valence-electron chi connectivity index (χ4n) is 2.40. The van der Waals surface area contributed by atoms with Gasteiger partial charge in [0.25, 0.3) is 0 Å². The Kier molecular flexibility index (Phi) is 3.92. The van der Waals surface area contributed by atoms with Crippen LogP contribution in [0.2, 0.25) is 0 Å². The highest BCUT2D eigenvalue weighted by Gasteiger charge is 2.32. The summed E-state index contributed by atoms with van der Waals surface area (Å²) < 4.78 is 0. The minimum absolute atomic E-state index is 0.230. The lowest BCUT2D eigenvalue weighted by Gasteiger charge is -2.25. The highest BCUT2D eigenvalue weighted by atomic mass is 32.2. The fraction of sp³-hybridized carbons (Fsp3) is 0.909. The normalized spacial score (nSPS) is 32.7. The van der Waals surface area contributed by atoms with Crippen LogP contribution < -0.4 is 5.32 Å². The Morgan fingerprint density at radius 2 is 2.27 bits per heavy atom. The van der Waals surface area contributed by atoms with Crippen LogP contribution in [0.3, 0.4) is 0 Å². The van der Waals surface area contributed by atoms with Crippen LogP contribution in [-0.4, -0.2) is 48.0 Å². The summed E-state index contributed by atoms with van der Waals surface area (Å²) in [5.41, 5.74) is 0. The van der Waals surface area contributed by atoms with Crippen molar-refractivity contribution in [3.8, 4) is 0 Å². The van der Waals surface area contributed by atoms with E-state index in [2.05, 4.69) is 17.1 Å². The van der Waals surface area contributed by atoms with E-state index in [9.17, 15) is 4.79 Å². The van der Waals surface area contributed by atoms with Gasteiger partial charge < -0.3 is 10.2 Å². The Morgan fingerprint density at radius 1 is 1.40 bits per heavy atom. The molecule has 2 aliphatic rings. The van der Waals surface area contributed by atoms with Crippen LogP contribution in [0.4, 0.5) is 0 Å². The summed E-state index contributed by atoms with van der Waals surface area (Å²) in [6.07, 6.45) is 2.18. The molecular weight excluding hydrogens is 208 g/mol. The number of amides is 1. The van der Waals surface area contributed by atoms with Crippen molar-refractivity contribution >= 4 is 17.7 Å². The molecular formula is C11H20N2OS. The average Bonchev–Trinajstić information content (AvgIpc) is 2.53. The van der Waals surface area contributed by atoms with E-state index in [0.29, 0.717) is 11.9 Å². The van der Waals surface area contributed by atoms with E-state index in [4.69, 9.17) is 0 Å².